The maximum atomic E-state index is 11.1. The van der Waals surface area contributed by atoms with Gasteiger partial charge in [-0.25, -0.2) is 0 Å². The van der Waals surface area contributed by atoms with Crippen LogP contribution in [0.15, 0.2) is 29.1 Å². The van der Waals surface area contributed by atoms with E-state index in [0.717, 1.165) is 0 Å². The van der Waals surface area contributed by atoms with Gasteiger partial charge in [0, 0.05) is 0 Å². The Balaban J connectivity index is 0.000000845. The molecule has 2 aromatic rings. The molecule has 1 aromatic carbocycles. The normalized spacial score (nSPS) is 9.54. The zero-order chi connectivity index (χ0) is 8.55. The first-order valence-electron chi connectivity index (χ1n) is 3.49. The second-order valence-corrected chi connectivity index (χ2v) is 2.51. The average Bonchev–Trinajstić information content (AvgIpc) is 2.04. The standard InChI is InChI=1S/C9H6NO2.K/c11-7-1-2-8-6(5-7)3-4-10-9(8)12;/h1-3,5,11H,(H,10,12);/q-1;+1. The number of H-pyrrole nitrogens is 1. The summed E-state index contributed by atoms with van der Waals surface area (Å²) in [5.41, 5.74) is -0.187. The van der Waals surface area contributed by atoms with Crippen LogP contribution in [-0.4, -0.2) is 10.1 Å². The molecular formula is C9H6KNO2. The Kier molecular flexibility index (Phi) is 3.70. The van der Waals surface area contributed by atoms with Crippen molar-refractivity contribution in [3.63, 3.8) is 0 Å². The van der Waals surface area contributed by atoms with Crippen molar-refractivity contribution < 1.29 is 56.5 Å². The predicted octanol–water partition coefficient (Wildman–Crippen LogP) is -1.96. The van der Waals surface area contributed by atoms with Gasteiger partial charge in [0.15, 0.2) is 0 Å². The summed E-state index contributed by atoms with van der Waals surface area (Å²) in [5.74, 6) is 0.154. The predicted molar refractivity (Wildman–Crippen MR) is 45.1 cm³/mol. The summed E-state index contributed by atoms with van der Waals surface area (Å²) in [6.07, 6.45) is 2.58. The molecule has 0 amide bonds. The molecule has 0 unspecified atom stereocenters. The van der Waals surface area contributed by atoms with Crippen LogP contribution in [0.2, 0.25) is 0 Å². The fourth-order valence-corrected chi connectivity index (χ4v) is 1.12. The Morgan fingerprint density at radius 2 is 2.15 bits per heavy atom. The van der Waals surface area contributed by atoms with Gasteiger partial charge in [0.25, 0.3) is 0 Å². The van der Waals surface area contributed by atoms with Crippen molar-refractivity contribution in [3.8, 4) is 5.75 Å². The van der Waals surface area contributed by atoms with Crippen molar-refractivity contribution in [1.82, 2.24) is 4.98 Å². The fraction of sp³-hybridized carbons (Fsp3) is 0. The molecule has 0 saturated carbocycles. The third-order valence-corrected chi connectivity index (χ3v) is 1.69. The first-order chi connectivity index (χ1) is 5.77. The number of phenolic OH excluding ortho intramolecular Hbond substituents is 1. The minimum absolute atomic E-state index is 0. The van der Waals surface area contributed by atoms with E-state index in [1.807, 2.05) is 0 Å². The van der Waals surface area contributed by atoms with Gasteiger partial charge in [0.2, 0.25) is 0 Å². The molecule has 2 rings (SSSR count). The molecule has 0 spiro atoms. The number of benzene rings is 1. The van der Waals surface area contributed by atoms with Gasteiger partial charge in [0.1, 0.15) is 11.3 Å². The number of nitrogens with one attached hydrogen (secondary N) is 1. The molecule has 4 heteroatoms. The zero-order valence-corrected chi connectivity index (χ0v) is 10.3. The van der Waals surface area contributed by atoms with Crippen LogP contribution in [0.25, 0.3) is 10.8 Å². The zero-order valence-electron chi connectivity index (χ0n) is 7.16. The number of hydrogen-bond donors (Lipinski definition) is 2. The first-order valence-corrected chi connectivity index (χ1v) is 3.49. The van der Waals surface area contributed by atoms with Crippen LogP contribution in [0, 0.1) is 6.20 Å². The van der Waals surface area contributed by atoms with Gasteiger partial charge in [-0.15, -0.1) is 11.6 Å². The number of pyridine rings is 1. The SMILES string of the molecule is O=c1[nH][c-]cc2cc(O)ccc12.[K+]. The van der Waals surface area contributed by atoms with E-state index >= 15 is 0 Å². The van der Waals surface area contributed by atoms with E-state index < -0.39 is 0 Å². The van der Waals surface area contributed by atoms with Crippen LogP contribution in [-0.2, 0) is 0 Å². The van der Waals surface area contributed by atoms with Crippen molar-refractivity contribution >= 4 is 10.8 Å². The van der Waals surface area contributed by atoms with E-state index in [1.165, 1.54) is 12.1 Å². The van der Waals surface area contributed by atoms with E-state index in [9.17, 15) is 4.79 Å². The number of hydrogen-bond acceptors (Lipinski definition) is 2. The molecule has 3 nitrogen and oxygen atoms in total. The maximum Gasteiger partial charge on any atom is 1.00 e. The molecule has 0 bridgehead atoms. The number of fused-ring (bicyclic) bond motifs is 1. The molecule has 0 aliphatic heterocycles. The average molecular weight is 199 g/mol. The van der Waals surface area contributed by atoms with Gasteiger partial charge in [-0.05, 0) is 6.07 Å². The number of aromatic hydroxyl groups is 1. The minimum Gasteiger partial charge on any atom is -0.509 e. The van der Waals surface area contributed by atoms with E-state index in [4.69, 9.17) is 5.11 Å². The summed E-state index contributed by atoms with van der Waals surface area (Å²) >= 11 is 0. The number of phenols is 1. The van der Waals surface area contributed by atoms with Gasteiger partial charge in [-0.1, -0.05) is 17.5 Å². The summed E-state index contributed by atoms with van der Waals surface area (Å²) in [6.45, 7) is 0. The van der Waals surface area contributed by atoms with Crippen molar-refractivity contribution in [2.75, 3.05) is 0 Å². The molecule has 0 aliphatic carbocycles. The first kappa shape index (κ1) is 10.9. The molecule has 0 saturated heterocycles. The Bertz CT molecular complexity index is 478. The van der Waals surface area contributed by atoms with Crippen LogP contribution < -0.4 is 56.9 Å². The van der Waals surface area contributed by atoms with E-state index in [-0.39, 0.29) is 62.7 Å². The molecule has 0 radical (unpaired) electrons. The van der Waals surface area contributed by atoms with Gasteiger partial charge in [-0.2, -0.15) is 6.07 Å². The molecular weight excluding hydrogens is 193 g/mol. The van der Waals surface area contributed by atoms with Gasteiger partial charge in [-0.3, -0.25) is 0 Å². The Labute approximate surface area is 117 Å². The monoisotopic (exact) mass is 199 g/mol. The van der Waals surface area contributed by atoms with Crippen LogP contribution in [0.3, 0.4) is 0 Å². The summed E-state index contributed by atoms with van der Waals surface area (Å²) in [5, 5.41) is 10.3. The molecule has 0 atom stereocenters. The van der Waals surface area contributed by atoms with Crippen molar-refractivity contribution in [3.05, 3.63) is 40.8 Å². The number of rotatable bonds is 0. The van der Waals surface area contributed by atoms with E-state index in [1.54, 1.807) is 12.1 Å². The van der Waals surface area contributed by atoms with E-state index in [2.05, 4.69) is 11.2 Å². The Hall–Kier alpha value is -0.134. The molecule has 60 valence electrons. The van der Waals surface area contributed by atoms with Crippen LogP contribution in [0.4, 0.5) is 0 Å². The van der Waals surface area contributed by atoms with Crippen molar-refractivity contribution in [1.29, 1.82) is 0 Å². The molecule has 2 N–H and O–H groups in total. The summed E-state index contributed by atoms with van der Waals surface area (Å²) in [4.78, 5) is 13.6. The van der Waals surface area contributed by atoms with Crippen LogP contribution in [0.1, 0.15) is 0 Å². The molecule has 13 heavy (non-hydrogen) atoms. The van der Waals surface area contributed by atoms with E-state index in [0.29, 0.717) is 10.8 Å². The smallest absolute Gasteiger partial charge is 0.509 e. The van der Waals surface area contributed by atoms with Crippen LogP contribution >= 0.6 is 0 Å². The number of aromatic amines is 1. The van der Waals surface area contributed by atoms with Gasteiger partial charge < -0.3 is 14.9 Å². The quantitative estimate of drug-likeness (QED) is 0.382. The largest absolute Gasteiger partial charge is 1.00 e. The summed E-state index contributed by atoms with van der Waals surface area (Å²) in [7, 11) is 0. The van der Waals surface area contributed by atoms with Gasteiger partial charge >= 0.3 is 51.4 Å². The Morgan fingerprint density at radius 1 is 1.38 bits per heavy atom. The molecule has 1 heterocycles. The topological polar surface area (TPSA) is 53.1 Å². The summed E-state index contributed by atoms with van der Waals surface area (Å²) < 4.78 is 0. The third kappa shape index (κ3) is 2.21. The maximum absolute atomic E-state index is 11.1. The van der Waals surface area contributed by atoms with Crippen LogP contribution in [0.5, 0.6) is 5.75 Å². The second-order valence-electron chi connectivity index (χ2n) is 2.51. The molecule has 0 aliphatic rings. The third-order valence-electron chi connectivity index (χ3n) is 1.69. The minimum atomic E-state index is -0.187. The van der Waals surface area contributed by atoms with Crippen molar-refractivity contribution in [2.45, 2.75) is 0 Å². The Morgan fingerprint density at radius 3 is 2.92 bits per heavy atom. The molecule has 1 aromatic heterocycles. The van der Waals surface area contributed by atoms with Gasteiger partial charge in [0.05, 0.1) is 0 Å². The summed E-state index contributed by atoms with van der Waals surface area (Å²) in [6, 6.07) is 6.21. The second kappa shape index (κ2) is 4.39. The fourth-order valence-electron chi connectivity index (χ4n) is 1.12. The number of aromatic nitrogens is 1. The van der Waals surface area contributed by atoms with Crippen molar-refractivity contribution in [2.24, 2.45) is 0 Å². The molecule has 0 fully saturated rings.